The number of benzene rings is 13. The Bertz CT molecular complexity index is 4180. The molecule has 0 N–H and O–H groups in total. The number of anilines is 6. The number of para-hydroxylation sites is 4. The Kier molecular flexibility index (Phi) is 14.0. The van der Waals surface area contributed by atoms with E-state index in [2.05, 4.69) is 325 Å². The van der Waals surface area contributed by atoms with Crippen LogP contribution in [0.3, 0.4) is 0 Å². The summed E-state index contributed by atoms with van der Waals surface area (Å²) < 4.78 is 0. The molecule has 4 nitrogen and oxygen atoms in total. The minimum Gasteiger partial charge on any atom is -0.311 e. The third-order valence-corrected chi connectivity index (χ3v) is 15.7. The van der Waals surface area contributed by atoms with Crippen molar-refractivity contribution in [3.63, 3.8) is 0 Å². The monoisotopic (exact) mass is 1070 g/mol. The predicted octanol–water partition coefficient (Wildman–Crippen LogP) is 21.9. The van der Waals surface area contributed by atoms with Crippen LogP contribution >= 0.6 is 0 Å². The van der Waals surface area contributed by atoms with Gasteiger partial charge in [-0.2, -0.15) is 0 Å². The maximum atomic E-state index is 5.27. The van der Waals surface area contributed by atoms with Gasteiger partial charge in [0.25, 0.3) is 0 Å². The summed E-state index contributed by atoms with van der Waals surface area (Å²) >= 11 is 0. The SMILES string of the molecule is c1ccc(-c2ccc(-c3ccc(N(c4ccccc4)c4ccc(-c5ccc(-c6nc7ccccc7nc6-c6ccc(-c7ccc(N(c8ccccc8)c8ccc(-c9ccc(-c%10ccccc%10)cc9)cc8)cc7)cc6)cc5)cc4)cc3)cc2)cc1. The summed E-state index contributed by atoms with van der Waals surface area (Å²) in [6.45, 7) is 0. The summed E-state index contributed by atoms with van der Waals surface area (Å²) in [5.74, 6) is 0. The predicted molar refractivity (Wildman–Crippen MR) is 352 cm³/mol. The van der Waals surface area contributed by atoms with Gasteiger partial charge in [-0.05, 0) is 152 Å². The molecule has 0 bridgehead atoms. The molecule has 0 fully saturated rings. The molecule has 84 heavy (non-hydrogen) atoms. The minimum absolute atomic E-state index is 0.844. The maximum Gasteiger partial charge on any atom is 0.0973 e. The van der Waals surface area contributed by atoms with Crippen LogP contribution in [0.15, 0.2) is 340 Å². The number of hydrogen-bond donors (Lipinski definition) is 0. The van der Waals surface area contributed by atoms with Gasteiger partial charge in [-0.3, -0.25) is 0 Å². The van der Waals surface area contributed by atoms with Gasteiger partial charge in [0, 0.05) is 45.3 Å². The van der Waals surface area contributed by atoms with E-state index in [4.69, 9.17) is 9.97 Å². The Morgan fingerprint density at radius 1 is 0.143 bits per heavy atom. The number of nitrogens with zero attached hydrogens (tertiary/aromatic N) is 4. The Balaban J connectivity index is 0.699. The molecule has 1 aromatic heterocycles. The zero-order valence-electron chi connectivity index (χ0n) is 46.1. The number of hydrogen-bond acceptors (Lipinski definition) is 4. The Morgan fingerprint density at radius 3 is 0.548 bits per heavy atom. The molecule has 13 aromatic carbocycles. The van der Waals surface area contributed by atoms with Crippen LogP contribution in [0.4, 0.5) is 34.1 Å². The number of rotatable bonds is 14. The van der Waals surface area contributed by atoms with Gasteiger partial charge < -0.3 is 9.80 Å². The van der Waals surface area contributed by atoms with Crippen LogP contribution in [0.25, 0.3) is 100 Å². The van der Waals surface area contributed by atoms with Crippen molar-refractivity contribution in [3.8, 4) is 89.3 Å². The fourth-order valence-electron chi connectivity index (χ4n) is 11.3. The first-order chi connectivity index (χ1) is 41.6. The Morgan fingerprint density at radius 2 is 0.310 bits per heavy atom. The average molecular weight is 1070 g/mol. The van der Waals surface area contributed by atoms with Crippen LogP contribution in [-0.2, 0) is 0 Å². The summed E-state index contributed by atoms with van der Waals surface area (Å²) in [5.41, 5.74) is 26.0. The molecule has 0 spiro atoms. The number of aromatic nitrogens is 2. The Labute approximate surface area is 491 Å². The fraction of sp³-hybridized carbons (Fsp3) is 0. The van der Waals surface area contributed by atoms with Crippen LogP contribution in [0.5, 0.6) is 0 Å². The molecule has 0 unspecified atom stereocenters. The second kappa shape index (κ2) is 23.1. The molecule has 0 aliphatic rings. The molecule has 14 rings (SSSR count). The van der Waals surface area contributed by atoms with Crippen LogP contribution in [-0.4, -0.2) is 9.97 Å². The van der Waals surface area contributed by atoms with Gasteiger partial charge in [-0.15, -0.1) is 0 Å². The Hall–Kier alpha value is -11.2. The molecule has 14 aromatic rings. The second-order valence-electron chi connectivity index (χ2n) is 21.0. The smallest absolute Gasteiger partial charge is 0.0973 e. The van der Waals surface area contributed by atoms with Crippen molar-refractivity contribution in [3.05, 3.63) is 340 Å². The molecule has 1 heterocycles. The highest BCUT2D eigenvalue weighted by Crippen LogP contribution is 2.41. The van der Waals surface area contributed by atoms with Crippen molar-refractivity contribution in [2.45, 2.75) is 0 Å². The quantitative estimate of drug-likeness (QED) is 0.109. The summed E-state index contributed by atoms with van der Waals surface area (Å²) in [7, 11) is 0. The van der Waals surface area contributed by atoms with Crippen molar-refractivity contribution in [2.24, 2.45) is 0 Å². The van der Waals surface area contributed by atoms with E-state index in [1.165, 1.54) is 44.5 Å². The zero-order valence-corrected chi connectivity index (χ0v) is 46.1. The second-order valence-corrected chi connectivity index (χ2v) is 21.0. The summed E-state index contributed by atoms with van der Waals surface area (Å²) in [4.78, 5) is 15.2. The molecule has 0 atom stereocenters. The topological polar surface area (TPSA) is 32.3 Å². The summed E-state index contributed by atoms with van der Waals surface area (Å²) in [5, 5.41) is 0. The molecule has 0 aliphatic heterocycles. The first-order valence-electron chi connectivity index (χ1n) is 28.5. The van der Waals surface area contributed by atoms with Crippen molar-refractivity contribution in [2.75, 3.05) is 9.80 Å². The first-order valence-corrected chi connectivity index (χ1v) is 28.5. The van der Waals surface area contributed by atoms with E-state index in [-0.39, 0.29) is 0 Å². The molecular formula is C80H56N4. The van der Waals surface area contributed by atoms with Crippen LogP contribution in [0.1, 0.15) is 0 Å². The normalized spacial score (nSPS) is 11.1. The lowest BCUT2D eigenvalue weighted by molar-refractivity contribution is 1.28. The van der Waals surface area contributed by atoms with Gasteiger partial charge in [0.1, 0.15) is 0 Å². The van der Waals surface area contributed by atoms with E-state index in [9.17, 15) is 0 Å². The van der Waals surface area contributed by atoms with Crippen LogP contribution in [0, 0.1) is 0 Å². The van der Waals surface area contributed by atoms with Crippen molar-refractivity contribution >= 4 is 45.2 Å². The largest absolute Gasteiger partial charge is 0.311 e. The third kappa shape index (κ3) is 10.7. The molecule has 4 heteroatoms. The third-order valence-electron chi connectivity index (χ3n) is 15.7. The van der Waals surface area contributed by atoms with Crippen molar-refractivity contribution in [1.29, 1.82) is 0 Å². The standard InChI is InChI=1S/C80H56N4/c1-5-15-57(16-6-1)59-25-29-61(30-26-59)65-41-49-73(50-42-65)83(71-19-9-3-10-20-71)75-53-45-67(46-54-75)63-33-37-69(38-34-63)79-80(82-78-24-14-13-23-77(78)81-79)70-39-35-64(36-40-70)68-47-55-76(56-48-68)84(72-21-11-4-12-22-72)74-51-43-66(44-52-74)62-31-27-60(28-32-62)58-17-7-2-8-18-58/h1-56H. The molecule has 0 radical (unpaired) electrons. The minimum atomic E-state index is 0.844. The molecule has 396 valence electrons. The van der Waals surface area contributed by atoms with Gasteiger partial charge in [-0.25, -0.2) is 9.97 Å². The van der Waals surface area contributed by atoms with Gasteiger partial charge in [0.2, 0.25) is 0 Å². The lowest BCUT2D eigenvalue weighted by Crippen LogP contribution is -2.09. The lowest BCUT2D eigenvalue weighted by atomic mass is 9.98. The lowest BCUT2D eigenvalue weighted by Gasteiger charge is -2.26. The van der Waals surface area contributed by atoms with Gasteiger partial charge in [0.15, 0.2) is 0 Å². The summed E-state index contributed by atoms with van der Waals surface area (Å²) in [6, 6.07) is 121. The zero-order chi connectivity index (χ0) is 56.0. The van der Waals surface area contributed by atoms with Crippen LogP contribution in [0.2, 0.25) is 0 Å². The van der Waals surface area contributed by atoms with Gasteiger partial charge in [0.05, 0.1) is 22.4 Å². The summed E-state index contributed by atoms with van der Waals surface area (Å²) in [6.07, 6.45) is 0. The molecular weight excluding hydrogens is 1020 g/mol. The fourth-order valence-corrected chi connectivity index (χ4v) is 11.3. The van der Waals surface area contributed by atoms with Crippen molar-refractivity contribution < 1.29 is 0 Å². The highest BCUT2D eigenvalue weighted by atomic mass is 15.1. The first kappa shape index (κ1) is 51.0. The van der Waals surface area contributed by atoms with E-state index in [0.717, 1.165) is 89.9 Å². The molecule has 0 saturated heterocycles. The van der Waals surface area contributed by atoms with Gasteiger partial charge in [-0.1, -0.05) is 255 Å². The van der Waals surface area contributed by atoms with E-state index in [1.54, 1.807) is 0 Å². The molecule has 0 aliphatic carbocycles. The van der Waals surface area contributed by atoms with E-state index >= 15 is 0 Å². The van der Waals surface area contributed by atoms with E-state index in [0.29, 0.717) is 0 Å². The molecule has 0 amide bonds. The average Bonchev–Trinajstić information content (AvgIpc) is 3.71. The van der Waals surface area contributed by atoms with Crippen LogP contribution < -0.4 is 9.80 Å². The van der Waals surface area contributed by atoms with E-state index < -0.39 is 0 Å². The highest BCUT2D eigenvalue weighted by molar-refractivity contribution is 5.88. The van der Waals surface area contributed by atoms with Gasteiger partial charge >= 0.3 is 0 Å². The molecule has 0 saturated carbocycles. The maximum absolute atomic E-state index is 5.27. The van der Waals surface area contributed by atoms with Crippen molar-refractivity contribution in [1.82, 2.24) is 9.97 Å². The number of fused-ring (bicyclic) bond motifs is 1. The highest BCUT2D eigenvalue weighted by Gasteiger charge is 2.18. The van der Waals surface area contributed by atoms with E-state index in [1.807, 2.05) is 24.3 Å².